The van der Waals surface area contributed by atoms with Crippen LogP contribution in [0.1, 0.15) is 20.8 Å². The summed E-state index contributed by atoms with van der Waals surface area (Å²) in [6.45, 7) is 8.82. The number of rotatable bonds is 4. The number of aromatic amines is 1. The third-order valence-electron chi connectivity index (χ3n) is 3.66. The van der Waals surface area contributed by atoms with Crippen molar-refractivity contribution in [3.63, 3.8) is 0 Å². The minimum absolute atomic E-state index is 0.436. The number of aliphatic hydroxyl groups is 1. The molecule has 0 saturated heterocycles. The normalized spacial score (nSPS) is 13.1. The molecule has 112 valence electrons. The van der Waals surface area contributed by atoms with E-state index in [4.69, 9.17) is 0 Å². The average Bonchev–Trinajstić information content (AvgIpc) is 2.74. The van der Waals surface area contributed by atoms with Crippen LogP contribution in [0.25, 0.3) is 5.69 Å². The molecular formula is C15H19N3O3. The second-order valence-corrected chi connectivity index (χ2v) is 5.47. The fourth-order valence-corrected chi connectivity index (χ4v) is 2.22. The van der Waals surface area contributed by atoms with Crippen LogP contribution < -0.4 is 11.4 Å². The monoisotopic (exact) mass is 289 g/mol. The molecule has 1 aromatic heterocycles. The van der Waals surface area contributed by atoms with Gasteiger partial charge in [0.2, 0.25) is 0 Å². The van der Waals surface area contributed by atoms with E-state index >= 15 is 0 Å². The molecule has 0 aliphatic carbocycles. The topological polar surface area (TPSA) is 80.0 Å². The first-order valence-electron chi connectivity index (χ1n) is 6.64. The quantitative estimate of drug-likeness (QED) is 0.824. The summed E-state index contributed by atoms with van der Waals surface area (Å²) in [5, 5.41) is 12.2. The Hall–Kier alpha value is -2.34. The van der Waals surface area contributed by atoms with Crippen LogP contribution in [0.2, 0.25) is 0 Å². The van der Waals surface area contributed by atoms with Crippen LogP contribution in [-0.2, 0) is 5.54 Å². The molecule has 0 saturated carbocycles. The Balaban J connectivity index is 2.63. The summed E-state index contributed by atoms with van der Waals surface area (Å²) in [7, 11) is 0. The number of aliphatic hydroxyl groups excluding tert-OH is 1. The van der Waals surface area contributed by atoms with Crippen LogP contribution in [-0.4, -0.2) is 25.6 Å². The maximum atomic E-state index is 12.5. The van der Waals surface area contributed by atoms with Crippen LogP contribution in [0.5, 0.6) is 0 Å². The molecule has 0 fully saturated rings. The molecule has 0 aliphatic heterocycles. The number of hydrogen-bond acceptors (Lipinski definition) is 3. The van der Waals surface area contributed by atoms with E-state index in [1.807, 2.05) is 0 Å². The van der Waals surface area contributed by atoms with E-state index in [-0.39, 0.29) is 0 Å². The highest BCUT2D eigenvalue weighted by Gasteiger charge is 2.30. The van der Waals surface area contributed by atoms with Gasteiger partial charge in [0.25, 0.3) is 0 Å². The van der Waals surface area contributed by atoms with Gasteiger partial charge in [-0.05, 0) is 38.5 Å². The number of nitrogens with one attached hydrogen (secondary N) is 1. The van der Waals surface area contributed by atoms with Crippen molar-refractivity contribution in [3.8, 4) is 5.69 Å². The summed E-state index contributed by atoms with van der Waals surface area (Å²) in [6, 6.07) is 8.66. The maximum Gasteiger partial charge on any atom is 0.352 e. The first kappa shape index (κ1) is 15.1. The third kappa shape index (κ3) is 2.50. The zero-order valence-corrected chi connectivity index (χ0v) is 12.3. The molecule has 0 radical (unpaired) electrons. The number of para-hydroxylation sites is 1. The Labute approximate surface area is 122 Å². The Morgan fingerprint density at radius 3 is 2.38 bits per heavy atom. The van der Waals surface area contributed by atoms with Crippen molar-refractivity contribution >= 4 is 0 Å². The van der Waals surface area contributed by atoms with Gasteiger partial charge >= 0.3 is 11.4 Å². The van der Waals surface area contributed by atoms with Gasteiger partial charge in [-0.15, -0.1) is 0 Å². The average molecular weight is 289 g/mol. The highest BCUT2D eigenvalue weighted by atomic mass is 16.3. The molecule has 6 nitrogen and oxygen atoms in total. The van der Waals surface area contributed by atoms with Crippen molar-refractivity contribution in [2.45, 2.75) is 32.4 Å². The predicted octanol–water partition coefficient (Wildman–Crippen LogP) is 0.999. The molecule has 0 spiro atoms. The lowest BCUT2D eigenvalue weighted by Gasteiger charge is -2.29. The molecule has 1 unspecified atom stereocenters. The molecule has 21 heavy (non-hydrogen) atoms. The molecule has 1 heterocycles. The molecule has 2 aromatic rings. The zero-order valence-electron chi connectivity index (χ0n) is 12.3. The van der Waals surface area contributed by atoms with Gasteiger partial charge < -0.3 is 5.11 Å². The highest BCUT2D eigenvalue weighted by molar-refractivity contribution is 5.30. The molecule has 1 aromatic carbocycles. The highest BCUT2D eigenvalue weighted by Crippen LogP contribution is 2.23. The van der Waals surface area contributed by atoms with E-state index in [0.717, 1.165) is 4.57 Å². The van der Waals surface area contributed by atoms with Gasteiger partial charge in [0.05, 0.1) is 17.3 Å². The van der Waals surface area contributed by atoms with Gasteiger partial charge in [-0.3, -0.25) is 0 Å². The number of hydrogen-bond donors (Lipinski definition) is 2. The van der Waals surface area contributed by atoms with Crippen molar-refractivity contribution in [2.75, 3.05) is 0 Å². The van der Waals surface area contributed by atoms with Crippen LogP contribution in [0.4, 0.5) is 0 Å². The molecule has 2 N–H and O–H groups in total. The standard InChI is InChI=1S/C15H19N3O3/c1-10(11(2)19)15(3,4)18-14(21)17(13(20)16-18)12-8-6-5-7-9-12/h5-9,11,19H,1H2,2-4H3,(H,16,20). The Bertz CT molecular complexity index is 763. The van der Waals surface area contributed by atoms with Gasteiger partial charge in [0.15, 0.2) is 0 Å². The lowest BCUT2D eigenvalue weighted by molar-refractivity contribution is 0.193. The number of aromatic nitrogens is 3. The summed E-state index contributed by atoms with van der Waals surface area (Å²) >= 11 is 0. The summed E-state index contributed by atoms with van der Waals surface area (Å²) in [5.41, 5.74) is -1.02. The lowest BCUT2D eigenvalue weighted by Crippen LogP contribution is -2.41. The fourth-order valence-electron chi connectivity index (χ4n) is 2.22. The summed E-state index contributed by atoms with van der Waals surface area (Å²) < 4.78 is 2.24. The molecule has 2 rings (SSSR count). The van der Waals surface area contributed by atoms with Gasteiger partial charge in [0, 0.05) is 0 Å². The van der Waals surface area contributed by atoms with Crippen LogP contribution in [0, 0.1) is 0 Å². The smallest absolute Gasteiger partial charge is 0.352 e. The van der Waals surface area contributed by atoms with Gasteiger partial charge in [0.1, 0.15) is 0 Å². The lowest BCUT2D eigenvalue weighted by atomic mass is 9.92. The fraction of sp³-hybridized carbons (Fsp3) is 0.333. The van der Waals surface area contributed by atoms with Crippen LogP contribution in [0.3, 0.4) is 0 Å². The van der Waals surface area contributed by atoms with E-state index in [2.05, 4.69) is 11.7 Å². The first-order valence-corrected chi connectivity index (χ1v) is 6.64. The van der Waals surface area contributed by atoms with E-state index in [9.17, 15) is 14.7 Å². The van der Waals surface area contributed by atoms with Crippen molar-refractivity contribution in [3.05, 3.63) is 63.5 Å². The van der Waals surface area contributed by atoms with Gasteiger partial charge in [-0.2, -0.15) is 0 Å². The second kappa shape index (κ2) is 5.21. The summed E-state index contributed by atoms with van der Waals surface area (Å²) in [4.78, 5) is 24.6. The Morgan fingerprint density at radius 2 is 1.86 bits per heavy atom. The second-order valence-electron chi connectivity index (χ2n) is 5.47. The van der Waals surface area contributed by atoms with Crippen molar-refractivity contribution < 1.29 is 5.11 Å². The van der Waals surface area contributed by atoms with E-state index in [1.54, 1.807) is 51.1 Å². The summed E-state index contributed by atoms with van der Waals surface area (Å²) in [5.74, 6) is 0. The van der Waals surface area contributed by atoms with Gasteiger partial charge in [-0.25, -0.2) is 23.9 Å². The van der Waals surface area contributed by atoms with E-state index in [1.165, 1.54) is 4.68 Å². The van der Waals surface area contributed by atoms with Crippen molar-refractivity contribution in [1.29, 1.82) is 0 Å². The molecule has 6 heteroatoms. The Morgan fingerprint density at radius 1 is 1.29 bits per heavy atom. The zero-order chi connectivity index (χ0) is 15.8. The number of nitrogens with zero attached hydrogens (tertiary/aromatic N) is 2. The third-order valence-corrected chi connectivity index (χ3v) is 3.66. The SMILES string of the molecule is C=C(C(C)O)C(C)(C)n1[nH]c(=O)n(-c2ccccc2)c1=O. The van der Waals surface area contributed by atoms with Crippen LogP contribution in [0.15, 0.2) is 52.1 Å². The summed E-state index contributed by atoms with van der Waals surface area (Å²) in [6.07, 6.45) is -0.796. The van der Waals surface area contributed by atoms with E-state index in [0.29, 0.717) is 11.3 Å². The van der Waals surface area contributed by atoms with Gasteiger partial charge in [-0.1, -0.05) is 24.8 Å². The molecule has 0 bridgehead atoms. The number of benzene rings is 1. The largest absolute Gasteiger partial charge is 0.389 e. The molecule has 0 amide bonds. The van der Waals surface area contributed by atoms with E-state index < -0.39 is 23.0 Å². The first-order chi connectivity index (χ1) is 9.76. The van der Waals surface area contributed by atoms with Crippen LogP contribution >= 0.6 is 0 Å². The molecule has 0 aliphatic rings. The predicted molar refractivity (Wildman–Crippen MR) is 80.8 cm³/mol. The van der Waals surface area contributed by atoms with Crippen molar-refractivity contribution in [2.24, 2.45) is 0 Å². The molecular weight excluding hydrogens is 270 g/mol. The van der Waals surface area contributed by atoms with Crippen molar-refractivity contribution in [1.82, 2.24) is 14.3 Å². The Kier molecular flexibility index (Phi) is 3.74. The minimum Gasteiger partial charge on any atom is -0.389 e. The minimum atomic E-state index is -0.912. The molecule has 1 atom stereocenters. The maximum absolute atomic E-state index is 12.5. The number of H-pyrrole nitrogens is 1.